The molecule has 0 unspecified atom stereocenters. The quantitative estimate of drug-likeness (QED) is 0.417. The molecular weight excluding hydrogens is 488 g/mol. The fourth-order valence-corrected chi connectivity index (χ4v) is 10.2. The molecule has 0 aliphatic heterocycles. The van der Waals surface area contributed by atoms with E-state index in [0.29, 0.717) is 22.3 Å². The molecule has 3 aromatic carbocycles. The minimum absolute atomic E-state index is 0.0859. The van der Waals surface area contributed by atoms with Gasteiger partial charge in [-0.15, -0.1) is 0 Å². The summed E-state index contributed by atoms with van der Waals surface area (Å²) in [6.45, 7) is -4.11. The van der Waals surface area contributed by atoms with Gasteiger partial charge in [0.25, 0.3) is 0 Å². The van der Waals surface area contributed by atoms with Gasteiger partial charge in [-0.1, -0.05) is 0 Å². The second-order valence-electron chi connectivity index (χ2n) is 8.52. The van der Waals surface area contributed by atoms with Gasteiger partial charge >= 0.3 is 209 Å². The molecule has 0 aromatic heterocycles. The second kappa shape index (κ2) is 11.2. The van der Waals surface area contributed by atoms with Crippen molar-refractivity contribution in [1.82, 2.24) is 10.2 Å². The third-order valence-corrected chi connectivity index (χ3v) is 12.2. The summed E-state index contributed by atoms with van der Waals surface area (Å²) in [5.74, 6) is -2.39. The Morgan fingerprint density at radius 3 is 1.61 bits per heavy atom. The van der Waals surface area contributed by atoms with Crippen molar-refractivity contribution in [3.05, 3.63) is 91.0 Å². The Hall–Kier alpha value is -3.22. The summed E-state index contributed by atoms with van der Waals surface area (Å²) in [7, 11) is 3.30. The summed E-state index contributed by atoms with van der Waals surface area (Å²) in [6.07, 6.45) is -4.81. The van der Waals surface area contributed by atoms with Crippen molar-refractivity contribution in [1.29, 1.82) is 0 Å². The molecule has 0 fully saturated rings. The molecule has 0 aliphatic carbocycles. The molecule has 3 rings (SSSR count). The van der Waals surface area contributed by atoms with Gasteiger partial charge < -0.3 is 0 Å². The van der Waals surface area contributed by atoms with Crippen LogP contribution in [0.1, 0.15) is 6.42 Å². The van der Waals surface area contributed by atoms with Gasteiger partial charge in [0.2, 0.25) is 0 Å². The molecule has 0 bridgehead atoms. The monoisotopic (exact) mass is 518 g/mol. The van der Waals surface area contributed by atoms with Crippen LogP contribution in [0.4, 0.5) is 13.2 Å². The van der Waals surface area contributed by atoms with Crippen molar-refractivity contribution >= 4 is 34.6 Å². The first-order valence-corrected chi connectivity index (χ1v) is 13.9. The minimum atomic E-state index is -5.19. The van der Waals surface area contributed by atoms with Crippen LogP contribution in [0.25, 0.3) is 0 Å². The predicted molar refractivity (Wildman–Crippen MR) is 138 cm³/mol. The standard InChI is InChI=1S/C27H30F3N2O3P/c1-31-21-25(33)32(2)19-12-20-36(22-13-6-3-7-14-22,23-15-8-4-9-16-23,24-17-10-5-11-18-24)35-26(34)27(28,29)30/h3-11,13-18,31H,12,19-21H2,1-2H3. The van der Waals surface area contributed by atoms with Crippen molar-refractivity contribution in [2.75, 3.05) is 33.3 Å². The molecular formula is C27H30F3N2O3P. The SMILES string of the molecule is CNCC(=O)N(C)CCCP(OC(=O)C(F)(F)F)(c1ccccc1)(c1ccccc1)c1ccccc1. The number of carbonyl (C=O) groups is 2. The van der Waals surface area contributed by atoms with E-state index in [1.165, 1.54) is 4.90 Å². The van der Waals surface area contributed by atoms with E-state index >= 15 is 0 Å². The molecule has 5 nitrogen and oxygen atoms in total. The number of alkyl halides is 3. The van der Waals surface area contributed by atoms with Crippen molar-refractivity contribution in [2.45, 2.75) is 12.6 Å². The predicted octanol–water partition coefficient (Wildman–Crippen LogP) is 3.60. The maximum atomic E-state index is 13.8. The van der Waals surface area contributed by atoms with Crippen LogP contribution in [0.5, 0.6) is 0 Å². The summed E-state index contributed by atoms with van der Waals surface area (Å²) in [4.78, 5) is 26.6. The third kappa shape index (κ3) is 5.30. The number of nitrogens with one attached hydrogen (secondary N) is 1. The zero-order valence-electron chi connectivity index (χ0n) is 20.2. The van der Waals surface area contributed by atoms with E-state index in [-0.39, 0.29) is 25.2 Å². The second-order valence-corrected chi connectivity index (χ2v) is 13.1. The molecule has 0 aliphatic rings. The topological polar surface area (TPSA) is 58.6 Å². The fourth-order valence-electron chi connectivity index (χ4n) is 4.52. The molecule has 0 atom stereocenters. The molecule has 1 N–H and O–H groups in total. The fraction of sp³-hybridized carbons (Fsp3) is 0.259. The Bertz CT molecular complexity index is 1060. The van der Waals surface area contributed by atoms with Gasteiger partial charge in [-0.05, 0) is 0 Å². The first-order valence-electron chi connectivity index (χ1n) is 11.5. The van der Waals surface area contributed by atoms with E-state index in [9.17, 15) is 22.8 Å². The van der Waals surface area contributed by atoms with E-state index in [1.54, 1.807) is 105 Å². The first-order chi connectivity index (χ1) is 17.1. The number of likely N-dealkylation sites (N-methyl/N-ethyl adjacent to an activating group) is 2. The number of hydrogen-bond donors (Lipinski definition) is 1. The number of nitrogens with zero attached hydrogens (tertiary/aromatic N) is 1. The molecule has 3 aromatic rings. The number of rotatable bonds is 10. The van der Waals surface area contributed by atoms with Crippen LogP contribution in [0.2, 0.25) is 0 Å². The van der Waals surface area contributed by atoms with Gasteiger partial charge in [0.05, 0.1) is 0 Å². The van der Waals surface area contributed by atoms with Crippen LogP contribution in [0.3, 0.4) is 0 Å². The van der Waals surface area contributed by atoms with Gasteiger partial charge in [0.1, 0.15) is 0 Å². The van der Waals surface area contributed by atoms with E-state index in [2.05, 4.69) is 5.32 Å². The number of amides is 1. The average Bonchev–Trinajstić information content (AvgIpc) is 2.89. The van der Waals surface area contributed by atoms with Gasteiger partial charge in [0, 0.05) is 0 Å². The van der Waals surface area contributed by atoms with Crippen molar-refractivity contribution < 1.29 is 27.3 Å². The summed E-state index contributed by atoms with van der Waals surface area (Å²) in [5, 5.41) is 4.31. The molecule has 0 spiro atoms. The summed E-state index contributed by atoms with van der Waals surface area (Å²) in [6, 6.07) is 26.0. The van der Waals surface area contributed by atoms with Gasteiger partial charge in [-0.25, -0.2) is 0 Å². The van der Waals surface area contributed by atoms with E-state index in [1.807, 2.05) is 0 Å². The Labute approximate surface area is 209 Å². The molecule has 0 saturated heterocycles. The van der Waals surface area contributed by atoms with Crippen molar-refractivity contribution in [3.8, 4) is 0 Å². The summed E-state index contributed by atoms with van der Waals surface area (Å²) < 4.78 is 47.4. The Morgan fingerprint density at radius 1 is 0.833 bits per heavy atom. The molecule has 0 saturated carbocycles. The van der Waals surface area contributed by atoms with Gasteiger partial charge in [0.15, 0.2) is 0 Å². The van der Waals surface area contributed by atoms with Crippen LogP contribution in [0.15, 0.2) is 91.0 Å². The van der Waals surface area contributed by atoms with Crippen LogP contribution < -0.4 is 21.2 Å². The van der Waals surface area contributed by atoms with E-state index in [4.69, 9.17) is 4.52 Å². The average molecular weight is 519 g/mol. The van der Waals surface area contributed by atoms with Crippen LogP contribution in [-0.2, 0) is 14.1 Å². The zero-order valence-corrected chi connectivity index (χ0v) is 21.1. The maximum absolute atomic E-state index is 13.8. The van der Waals surface area contributed by atoms with Crippen LogP contribution >= 0.6 is 6.83 Å². The molecule has 192 valence electrons. The third-order valence-electron chi connectivity index (χ3n) is 6.26. The van der Waals surface area contributed by atoms with E-state index in [0.717, 1.165) is 0 Å². The Kier molecular flexibility index (Phi) is 8.54. The van der Waals surface area contributed by atoms with Gasteiger partial charge in [-0.3, -0.25) is 0 Å². The molecule has 1 amide bonds. The van der Waals surface area contributed by atoms with Gasteiger partial charge in [-0.2, -0.15) is 0 Å². The number of carbonyl (C=O) groups excluding carboxylic acids is 2. The van der Waals surface area contributed by atoms with E-state index < -0.39 is 19.0 Å². The molecule has 36 heavy (non-hydrogen) atoms. The molecule has 0 radical (unpaired) electrons. The van der Waals surface area contributed by atoms with Crippen LogP contribution in [0, 0.1) is 0 Å². The van der Waals surface area contributed by atoms with Crippen LogP contribution in [-0.4, -0.2) is 56.3 Å². The zero-order chi connectivity index (χ0) is 26.3. The number of benzene rings is 3. The molecule has 9 heteroatoms. The summed E-state index contributed by atoms with van der Waals surface area (Å²) >= 11 is 0. The van der Waals surface area contributed by atoms with Crippen molar-refractivity contribution in [3.63, 3.8) is 0 Å². The first kappa shape index (κ1) is 27.4. The Morgan fingerprint density at radius 2 is 1.25 bits per heavy atom. The molecule has 0 heterocycles. The number of hydrogen-bond acceptors (Lipinski definition) is 4. The normalized spacial score (nSPS) is 12.9. The Balaban J connectivity index is 2.31. The summed E-state index contributed by atoms with van der Waals surface area (Å²) in [5.41, 5.74) is 0. The number of halogens is 3. The van der Waals surface area contributed by atoms with Crippen molar-refractivity contribution in [2.24, 2.45) is 0 Å².